The van der Waals surface area contributed by atoms with Crippen molar-refractivity contribution < 1.29 is 9.53 Å². The van der Waals surface area contributed by atoms with Gasteiger partial charge in [-0.1, -0.05) is 11.3 Å². The van der Waals surface area contributed by atoms with Gasteiger partial charge in [-0.2, -0.15) is 0 Å². The number of carbonyl (C=O) groups excluding carboxylic acids is 1. The number of carbonyl (C=O) groups is 1. The fraction of sp³-hybridized carbons (Fsp3) is 0.500. The van der Waals surface area contributed by atoms with E-state index in [0.717, 1.165) is 23.5 Å². The molecule has 0 spiro atoms. The number of thiophene rings is 1. The summed E-state index contributed by atoms with van der Waals surface area (Å²) in [5.74, 6) is 0.192. The molecule has 0 N–H and O–H groups in total. The van der Waals surface area contributed by atoms with Crippen LogP contribution in [-0.2, 0) is 22.6 Å². The maximum Gasteiger partial charge on any atom is 0.227 e. The average Bonchev–Trinajstić information content (AvgIpc) is 3.20. The van der Waals surface area contributed by atoms with Crippen molar-refractivity contribution in [1.82, 2.24) is 19.9 Å². The zero-order valence-corrected chi connectivity index (χ0v) is 12.8. The van der Waals surface area contributed by atoms with Crippen molar-refractivity contribution in [3.05, 3.63) is 34.3 Å². The molecule has 3 rings (SSSR count). The molecule has 1 aliphatic heterocycles. The van der Waals surface area contributed by atoms with Crippen molar-refractivity contribution in [3.63, 3.8) is 0 Å². The molecule has 112 valence electrons. The Morgan fingerprint density at radius 2 is 2.48 bits per heavy atom. The average molecular weight is 306 g/mol. The van der Waals surface area contributed by atoms with E-state index in [9.17, 15) is 4.79 Å². The number of likely N-dealkylation sites (tertiary alicyclic amines) is 1. The molecule has 1 fully saturated rings. The molecule has 2 aromatic heterocycles. The first-order valence-corrected chi connectivity index (χ1v) is 7.84. The van der Waals surface area contributed by atoms with Gasteiger partial charge in [0.05, 0.1) is 25.3 Å². The number of rotatable bonds is 5. The first-order valence-electron chi connectivity index (χ1n) is 6.96. The lowest BCUT2D eigenvalue weighted by atomic mass is 10.3. The standard InChI is InChI=1S/C14H18N4O2S/c1-20-10-11-8-18(16-15-11)12-4-5-17(9-12)14(19)7-13-3-2-6-21-13/h2-3,6,8,12H,4-5,7,9-10H2,1H3/t12-/m1/s1. The van der Waals surface area contributed by atoms with Gasteiger partial charge in [-0.25, -0.2) is 4.68 Å². The van der Waals surface area contributed by atoms with Crippen LogP contribution in [0.15, 0.2) is 23.7 Å². The van der Waals surface area contributed by atoms with Crippen LogP contribution in [0.25, 0.3) is 0 Å². The van der Waals surface area contributed by atoms with Gasteiger partial charge in [-0.3, -0.25) is 4.79 Å². The van der Waals surface area contributed by atoms with Gasteiger partial charge in [0.2, 0.25) is 5.91 Å². The molecule has 0 unspecified atom stereocenters. The predicted molar refractivity (Wildman–Crippen MR) is 79.0 cm³/mol. The van der Waals surface area contributed by atoms with Crippen LogP contribution >= 0.6 is 11.3 Å². The molecule has 6 nitrogen and oxygen atoms in total. The quantitative estimate of drug-likeness (QED) is 0.840. The van der Waals surface area contributed by atoms with E-state index >= 15 is 0 Å². The number of hydrogen-bond donors (Lipinski definition) is 0. The Bertz CT molecular complexity index is 596. The molecule has 1 amide bonds. The minimum atomic E-state index is 0.192. The first-order chi connectivity index (χ1) is 10.3. The van der Waals surface area contributed by atoms with Crippen LogP contribution in [0.1, 0.15) is 23.0 Å². The lowest BCUT2D eigenvalue weighted by molar-refractivity contribution is -0.129. The van der Waals surface area contributed by atoms with Gasteiger partial charge in [0.15, 0.2) is 0 Å². The summed E-state index contributed by atoms with van der Waals surface area (Å²) in [6, 6.07) is 4.20. The maximum atomic E-state index is 12.3. The summed E-state index contributed by atoms with van der Waals surface area (Å²) in [5, 5.41) is 10.2. The van der Waals surface area contributed by atoms with Crippen LogP contribution in [0.5, 0.6) is 0 Å². The predicted octanol–water partition coefficient (Wildman–Crippen LogP) is 1.50. The van der Waals surface area contributed by atoms with Gasteiger partial charge in [0.1, 0.15) is 5.69 Å². The van der Waals surface area contributed by atoms with E-state index in [1.165, 1.54) is 0 Å². The molecule has 1 aliphatic rings. The molecular weight excluding hydrogens is 288 g/mol. The summed E-state index contributed by atoms with van der Waals surface area (Å²) < 4.78 is 6.90. The van der Waals surface area contributed by atoms with Crippen LogP contribution in [0.2, 0.25) is 0 Å². The summed E-state index contributed by atoms with van der Waals surface area (Å²) in [5.41, 5.74) is 0.820. The fourth-order valence-corrected chi connectivity index (χ4v) is 3.26. The molecule has 21 heavy (non-hydrogen) atoms. The Morgan fingerprint density at radius 3 is 3.24 bits per heavy atom. The van der Waals surface area contributed by atoms with Crippen molar-refractivity contribution in [1.29, 1.82) is 0 Å². The molecule has 0 aromatic carbocycles. The van der Waals surface area contributed by atoms with Crippen LogP contribution in [0.3, 0.4) is 0 Å². The Hall–Kier alpha value is -1.73. The minimum absolute atomic E-state index is 0.192. The topological polar surface area (TPSA) is 60.2 Å². The number of amides is 1. The molecule has 2 aromatic rings. The highest BCUT2D eigenvalue weighted by Gasteiger charge is 2.28. The molecule has 7 heteroatoms. The lowest BCUT2D eigenvalue weighted by Crippen LogP contribution is -2.30. The third-order valence-corrected chi connectivity index (χ3v) is 4.52. The minimum Gasteiger partial charge on any atom is -0.378 e. The Kier molecular flexibility index (Phi) is 4.31. The van der Waals surface area contributed by atoms with Crippen molar-refractivity contribution in [2.45, 2.75) is 25.5 Å². The second kappa shape index (κ2) is 6.36. The third kappa shape index (κ3) is 3.30. The maximum absolute atomic E-state index is 12.3. The molecule has 0 saturated carbocycles. The largest absolute Gasteiger partial charge is 0.378 e. The Labute approximate surface area is 127 Å². The summed E-state index contributed by atoms with van der Waals surface area (Å²) in [6.45, 7) is 1.96. The van der Waals surface area contributed by atoms with E-state index in [-0.39, 0.29) is 11.9 Å². The fourth-order valence-electron chi connectivity index (χ4n) is 2.56. The third-order valence-electron chi connectivity index (χ3n) is 3.65. The summed E-state index contributed by atoms with van der Waals surface area (Å²) in [6.07, 6.45) is 3.32. The monoisotopic (exact) mass is 306 g/mol. The van der Waals surface area contributed by atoms with Gasteiger partial charge in [-0.15, -0.1) is 16.4 Å². The SMILES string of the molecule is COCc1cn([C@@H]2CCN(C(=O)Cc3cccs3)C2)nn1. The number of nitrogens with zero attached hydrogens (tertiary/aromatic N) is 4. The van der Waals surface area contributed by atoms with E-state index in [4.69, 9.17) is 4.74 Å². The van der Waals surface area contributed by atoms with Gasteiger partial charge < -0.3 is 9.64 Å². The number of ether oxygens (including phenoxy) is 1. The highest BCUT2D eigenvalue weighted by molar-refractivity contribution is 7.10. The first kappa shape index (κ1) is 14.2. The molecule has 1 atom stereocenters. The lowest BCUT2D eigenvalue weighted by Gasteiger charge is -2.16. The molecule has 0 radical (unpaired) electrons. The van der Waals surface area contributed by atoms with Crippen molar-refractivity contribution in [3.8, 4) is 0 Å². The van der Waals surface area contributed by atoms with E-state index in [0.29, 0.717) is 19.6 Å². The second-order valence-corrected chi connectivity index (χ2v) is 6.19. The number of methoxy groups -OCH3 is 1. The van der Waals surface area contributed by atoms with Crippen LogP contribution in [-0.4, -0.2) is 46.0 Å². The normalized spacial score (nSPS) is 18.3. The van der Waals surface area contributed by atoms with Crippen molar-refractivity contribution in [2.24, 2.45) is 0 Å². The highest BCUT2D eigenvalue weighted by Crippen LogP contribution is 2.22. The number of aromatic nitrogens is 3. The molecule has 3 heterocycles. The zero-order valence-electron chi connectivity index (χ0n) is 11.9. The van der Waals surface area contributed by atoms with E-state index < -0.39 is 0 Å². The van der Waals surface area contributed by atoms with Crippen molar-refractivity contribution in [2.75, 3.05) is 20.2 Å². The van der Waals surface area contributed by atoms with Gasteiger partial charge in [0.25, 0.3) is 0 Å². The van der Waals surface area contributed by atoms with E-state index in [1.807, 2.05) is 33.3 Å². The van der Waals surface area contributed by atoms with Gasteiger partial charge >= 0.3 is 0 Å². The summed E-state index contributed by atoms with van der Waals surface area (Å²) >= 11 is 1.63. The van der Waals surface area contributed by atoms with Crippen LogP contribution in [0, 0.1) is 0 Å². The van der Waals surface area contributed by atoms with Gasteiger partial charge in [-0.05, 0) is 17.9 Å². The molecule has 1 saturated heterocycles. The molecular formula is C14H18N4O2S. The summed E-state index contributed by atoms with van der Waals surface area (Å²) in [4.78, 5) is 15.3. The van der Waals surface area contributed by atoms with E-state index in [1.54, 1.807) is 18.4 Å². The summed E-state index contributed by atoms with van der Waals surface area (Å²) in [7, 11) is 1.64. The second-order valence-electron chi connectivity index (χ2n) is 5.16. The Morgan fingerprint density at radius 1 is 1.57 bits per heavy atom. The molecule has 0 bridgehead atoms. The van der Waals surface area contributed by atoms with Crippen molar-refractivity contribution >= 4 is 17.2 Å². The number of hydrogen-bond acceptors (Lipinski definition) is 5. The van der Waals surface area contributed by atoms with Gasteiger partial charge in [0, 0.05) is 25.1 Å². The van der Waals surface area contributed by atoms with Crippen LogP contribution in [0.4, 0.5) is 0 Å². The van der Waals surface area contributed by atoms with E-state index in [2.05, 4.69) is 10.3 Å². The highest BCUT2D eigenvalue weighted by atomic mass is 32.1. The smallest absolute Gasteiger partial charge is 0.227 e. The molecule has 0 aliphatic carbocycles. The zero-order chi connectivity index (χ0) is 14.7. The van der Waals surface area contributed by atoms with Crippen LogP contribution < -0.4 is 0 Å². The Balaban J connectivity index is 1.58.